The number of sulfonamides is 1. The molecule has 0 radical (unpaired) electrons. The second kappa shape index (κ2) is 7.19. The number of aliphatic carboxylic acids is 1. The number of nitrogens with one attached hydrogen (secondary N) is 1. The van der Waals surface area contributed by atoms with Crippen molar-refractivity contribution in [3.8, 4) is 0 Å². The summed E-state index contributed by atoms with van der Waals surface area (Å²) in [4.78, 5) is 21.7. The molecule has 1 aromatic carbocycles. The van der Waals surface area contributed by atoms with E-state index < -0.39 is 34.4 Å². The molecule has 0 saturated carbocycles. The summed E-state index contributed by atoms with van der Waals surface area (Å²) in [7, 11) is -4.02. The molecule has 0 aliphatic heterocycles. The highest BCUT2D eigenvalue weighted by molar-refractivity contribution is 7.89. The van der Waals surface area contributed by atoms with Crippen LogP contribution in [-0.4, -0.2) is 31.4 Å². The third kappa shape index (κ3) is 5.16. The van der Waals surface area contributed by atoms with E-state index in [0.29, 0.717) is 0 Å². The zero-order chi connectivity index (χ0) is 16.0. The maximum atomic E-state index is 12.1. The number of nitrogens with two attached hydrogens (primary N) is 1. The van der Waals surface area contributed by atoms with Gasteiger partial charge in [-0.15, -0.1) is 0 Å². The Morgan fingerprint density at radius 3 is 2.29 bits per heavy atom. The number of rotatable bonds is 8. The first kappa shape index (κ1) is 17.1. The standard InChI is InChI=1S/C13H18N2O5S/c1-2-3-9-4-6-10(7-5-9)21(19,20)15-11(13(17)18)8-12(14)16/h4-7,11,15H,2-3,8H2,1H3,(H2,14,16)(H,17,18). The van der Waals surface area contributed by atoms with Gasteiger partial charge in [0.1, 0.15) is 6.04 Å². The average molecular weight is 314 g/mol. The molecule has 0 aliphatic rings. The highest BCUT2D eigenvalue weighted by atomic mass is 32.2. The smallest absolute Gasteiger partial charge is 0.322 e. The normalized spacial score (nSPS) is 12.8. The number of amides is 1. The molecule has 0 aliphatic carbocycles. The quantitative estimate of drug-likeness (QED) is 0.634. The summed E-state index contributed by atoms with van der Waals surface area (Å²) in [5, 5.41) is 8.91. The van der Waals surface area contributed by atoms with E-state index in [4.69, 9.17) is 10.8 Å². The molecule has 116 valence electrons. The number of hydrogen-bond acceptors (Lipinski definition) is 4. The average Bonchev–Trinajstić information content (AvgIpc) is 2.38. The first-order valence-electron chi connectivity index (χ1n) is 6.38. The van der Waals surface area contributed by atoms with E-state index in [0.717, 1.165) is 18.4 Å². The van der Waals surface area contributed by atoms with Crippen LogP contribution in [0.25, 0.3) is 0 Å². The van der Waals surface area contributed by atoms with Crippen molar-refractivity contribution >= 4 is 21.9 Å². The predicted octanol–water partition coefficient (Wildman–Crippen LogP) is 0.246. The third-order valence-corrected chi connectivity index (χ3v) is 4.26. The van der Waals surface area contributed by atoms with E-state index in [1.807, 2.05) is 11.6 Å². The number of carbonyl (C=O) groups is 2. The third-order valence-electron chi connectivity index (χ3n) is 2.77. The summed E-state index contributed by atoms with van der Waals surface area (Å²) in [6.07, 6.45) is 1.15. The lowest BCUT2D eigenvalue weighted by molar-refractivity contribution is -0.140. The van der Waals surface area contributed by atoms with Gasteiger partial charge >= 0.3 is 5.97 Å². The monoisotopic (exact) mass is 314 g/mol. The lowest BCUT2D eigenvalue weighted by atomic mass is 10.1. The molecule has 0 fully saturated rings. The Kier molecular flexibility index (Phi) is 5.86. The van der Waals surface area contributed by atoms with Gasteiger partial charge in [-0.25, -0.2) is 8.42 Å². The number of primary amides is 1. The molecule has 0 aromatic heterocycles. The molecule has 21 heavy (non-hydrogen) atoms. The van der Waals surface area contributed by atoms with Crippen LogP contribution in [0.1, 0.15) is 25.3 Å². The lowest BCUT2D eigenvalue weighted by Crippen LogP contribution is -2.43. The van der Waals surface area contributed by atoms with Gasteiger partial charge in [-0.3, -0.25) is 9.59 Å². The molecular weight excluding hydrogens is 296 g/mol. The molecule has 1 atom stereocenters. The predicted molar refractivity (Wildman–Crippen MR) is 76.0 cm³/mol. The minimum atomic E-state index is -4.02. The van der Waals surface area contributed by atoms with Gasteiger partial charge in [-0.1, -0.05) is 25.5 Å². The second-order valence-corrected chi connectivity index (χ2v) is 6.29. The summed E-state index contributed by atoms with van der Waals surface area (Å²) < 4.78 is 26.1. The summed E-state index contributed by atoms with van der Waals surface area (Å²) in [5.41, 5.74) is 5.89. The molecule has 8 heteroatoms. The van der Waals surface area contributed by atoms with Crippen molar-refractivity contribution in [2.24, 2.45) is 5.73 Å². The van der Waals surface area contributed by atoms with Crippen LogP contribution >= 0.6 is 0 Å². The summed E-state index contributed by atoms with van der Waals surface area (Å²) in [6, 6.07) is 4.56. The van der Waals surface area contributed by atoms with Crippen molar-refractivity contribution in [1.29, 1.82) is 0 Å². The maximum Gasteiger partial charge on any atom is 0.322 e. The fourth-order valence-electron chi connectivity index (χ4n) is 1.76. The molecule has 0 bridgehead atoms. The Labute approximate surface area is 123 Å². The number of aryl methyl sites for hydroxylation is 1. The first-order valence-corrected chi connectivity index (χ1v) is 7.87. The van der Waals surface area contributed by atoms with E-state index >= 15 is 0 Å². The van der Waals surface area contributed by atoms with Gasteiger partial charge in [0.15, 0.2) is 0 Å². The Balaban J connectivity index is 2.93. The van der Waals surface area contributed by atoms with Crippen LogP contribution in [-0.2, 0) is 26.0 Å². The number of carboxylic acids is 1. The van der Waals surface area contributed by atoms with Crippen molar-refractivity contribution < 1.29 is 23.1 Å². The van der Waals surface area contributed by atoms with E-state index in [-0.39, 0.29) is 4.90 Å². The van der Waals surface area contributed by atoms with Crippen molar-refractivity contribution in [2.45, 2.75) is 37.1 Å². The molecule has 0 spiro atoms. The molecule has 1 unspecified atom stereocenters. The SMILES string of the molecule is CCCc1ccc(S(=O)(=O)NC(CC(N)=O)C(=O)O)cc1. The van der Waals surface area contributed by atoms with Crippen LogP contribution in [0.4, 0.5) is 0 Å². The number of benzene rings is 1. The second-order valence-electron chi connectivity index (χ2n) is 4.58. The molecule has 0 saturated heterocycles. The molecule has 0 heterocycles. The molecular formula is C13H18N2O5S. The Bertz CT molecular complexity index is 610. The largest absolute Gasteiger partial charge is 0.480 e. The van der Waals surface area contributed by atoms with Gasteiger partial charge in [0.25, 0.3) is 0 Å². The fourth-order valence-corrected chi connectivity index (χ4v) is 2.95. The Morgan fingerprint density at radius 1 is 1.29 bits per heavy atom. The summed E-state index contributed by atoms with van der Waals surface area (Å²) in [5.74, 6) is -2.36. The van der Waals surface area contributed by atoms with Crippen molar-refractivity contribution in [2.75, 3.05) is 0 Å². The Hall–Kier alpha value is -1.93. The molecule has 1 aromatic rings. The van der Waals surface area contributed by atoms with E-state index in [1.54, 1.807) is 12.1 Å². The van der Waals surface area contributed by atoms with Gasteiger partial charge in [0.2, 0.25) is 15.9 Å². The zero-order valence-electron chi connectivity index (χ0n) is 11.6. The van der Waals surface area contributed by atoms with E-state index in [9.17, 15) is 18.0 Å². The lowest BCUT2D eigenvalue weighted by Gasteiger charge is -2.13. The zero-order valence-corrected chi connectivity index (χ0v) is 12.4. The van der Waals surface area contributed by atoms with Gasteiger partial charge < -0.3 is 10.8 Å². The summed E-state index contributed by atoms with van der Waals surface area (Å²) in [6.45, 7) is 2.01. The molecule has 1 amide bonds. The first-order chi connectivity index (χ1) is 9.76. The van der Waals surface area contributed by atoms with Crippen molar-refractivity contribution in [3.05, 3.63) is 29.8 Å². The molecule has 1 rings (SSSR count). The van der Waals surface area contributed by atoms with E-state index in [1.165, 1.54) is 12.1 Å². The highest BCUT2D eigenvalue weighted by Gasteiger charge is 2.26. The highest BCUT2D eigenvalue weighted by Crippen LogP contribution is 2.13. The van der Waals surface area contributed by atoms with Gasteiger partial charge in [-0.2, -0.15) is 4.72 Å². The topological polar surface area (TPSA) is 127 Å². The minimum absolute atomic E-state index is 0.0573. The molecule has 7 nitrogen and oxygen atoms in total. The van der Waals surface area contributed by atoms with Crippen LogP contribution in [0.3, 0.4) is 0 Å². The number of carbonyl (C=O) groups excluding carboxylic acids is 1. The fraction of sp³-hybridized carbons (Fsp3) is 0.385. The summed E-state index contributed by atoms with van der Waals surface area (Å²) >= 11 is 0. The van der Waals surface area contributed by atoms with Crippen LogP contribution < -0.4 is 10.5 Å². The van der Waals surface area contributed by atoms with Crippen molar-refractivity contribution in [1.82, 2.24) is 4.72 Å². The number of hydrogen-bond donors (Lipinski definition) is 3. The van der Waals surface area contributed by atoms with Gasteiger partial charge in [0, 0.05) is 0 Å². The maximum absolute atomic E-state index is 12.1. The van der Waals surface area contributed by atoms with Crippen LogP contribution in [0.5, 0.6) is 0 Å². The van der Waals surface area contributed by atoms with Crippen LogP contribution in [0.15, 0.2) is 29.2 Å². The molecule has 4 N–H and O–H groups in total. The van der Waals surface area contributed by atoms with Gasteiger partial charge in [0.05, 0.1) is 11.3 Å². The Morgan fingerprint density at radius 2 is 1.86 bits per heavy atom. The van der Waals surface area contributed by atoms with Crippen LogP contribution in [0, 0.1) is 0 Å². The van der Waals surface area contributed by atoms with Crippen molar-refractivity contribution in [3.63, 3.8) is 0 Å². The van der Waals surface area contributed by atoms with Gasteiger partial charge in [-0.05, 0) is 24.1 Å². The number of carboxylic acid groups (broad SMARTS) is 1. The minimum Gasteiger partial charge on any atom is -0.480 e. The van der Waals surface area contributed by atoms with Crippen LogP contribution in [0.2, 0.25) is 0 Å². The van der Waals surface area contributed by atoms with E-state index in [2.05, 4.69) is 0 Å².